The summed E-state index contributed by atoms with van der Waals surface area (Å²) < 4.78 is 27.2. The molecule has 1 unspecified atom stereocenters. The maximum Gasteiger partial charge on any atom is 0.243 e. The van der Waals surface area contributed by atoms with Crippen LogP contribution in [0, 0.1) is 5.41 Å². The van der Waals surface area contributed by atoms with Crippen LogP contribution in [-0.4, -0.2) is 38.9 Å². The minimum absolute atomic E-state index is 0.176. The first-order valence-corrected chi connectivity index (χ1v) is 9.30. The minimum Gasteiger partial charge on any atom is -0.316 e. The smallest absolute Gasteiger partial charge is 0.243 e. The van der Waals surface area contributed by atoms with Crippen molar-refractivity contribution in [2.75, 3.05) is 26.2 Å². The molecule has 1 aromatic carbocycles. The van der Waals surface area contributed by atoms with Crippen molar-refractivity contribution in [1.29, 1.82) is 0 Å². The summed E-state index contributed by atoms with van der Waals surface area (Å²) in [5.41, 5.74) is 1.38. The highest BCUT2D eigenvalue weighted by Gasteiger charge is 2.44. The molecule has 1 spiro atoms. The second-order valence-electron chi connectivity index (χ2n) is 6.41. The Labute approximate surface area is 127 Å². The van der Waals surface area contributed by atoms with Crippen molar-refractivity contribution in [3.8, 4) is 0 Å². The number of hydrogen-bond donors (Lipinski definition) is 1. The van der Waals surface area contributed by atoms with Crippen LogP contribution in [0.4, 0.5) is 0 Å². The number of rotatable bonds is 4. The van der Waals surface area contributed by atoms with Crippen molar-refractivity contribution in [3.05, 3.63) is 29.8 Å². The van der Waals surface area contributed by atoms with Crippen LogP contribution in [0.5, 0.6) is 0 Å². The van der Waals surface area contributed by atoms with Crippen molar-refractivity contribution in [1.82, 2.24) is 9.62 Å². The van der Waals surface area contributed by atoms with Crippen LogP contribution in [0.2, 0.25) is 0 Å². The van der Waals surface area contributed by atoms with Crippen LogP contribution in [0.3, 0.4) is 0 Å². The first-order valence-electron chi connectivity index (χ1n) is 7.86. The average Bonchev–Trinajstić information content (AvgIpc) is 3.11. The van der Waals surface area contributed by atoms with Gasteiger partial charge in [-0.15, -0.1) is 0 Å². The Morgan fingerprint density at radius 1 is 1.24 bits per heavy atom. The van der Waals surface area contributed by atoms with E-state index in [0.717, 1.165) is 38.8 Å². The highest BCUT2D eigenvalue weighted by atomic mass is 32.2. The lowest BCUT2D eigenvalue weighted by Gasteiger charge is -2.22. The van der Waals surface area contributed by atoms with E-state index in [1.807, 2.05) is 12.1 Å². The molecule has 1 atom stereocenters. The average molecular weight is 308 g/mol. The van der Waals surface area contributed by atoms with E-state index in [9.17, 15) is 8.42 Å². The Morgan fingerprint density at radius 2 is 2.00 bits per heavy atom. The minimum atomic E-state index is -3.33. The molecule has 0 amide bonds. The molecule has 0 aromatic heterocycles. The molecular formula is C16H24N2O2S. The number of aryl methyl sites for hydroxylation is 1. The van der Waals surface area contributed by atoms with E-state index < -0.39 is 10.0 Å². The van der Waals surface area contributed by atoms with E-state index in [-0.39, 0.29) is 5.41 Å². The molecule has 2 aliphatic rings. The summed E-state index contributed by atoms with van der Waals surface area (Å²) in [6.07, 6.45) is 4.15. The lowest BCUT2D eigenvalue weighted by molar-refractivity contribution is 0.338. The van der Waals surface area contributed by atoms with E-state index in [1.54, 1.807) is 16.4 Å². The maximum absolute atomic E-state index is 12.7. The predicted molar refractivity (Wildman–Crippen MR) is 83.7 cm³/mol. The van der Waals surface area contributed by atoms with Gasteiger partial charge in [-0.3, -0.25) is 0 Å². The highest BCUT2D eigenvalue weighted by molar-refractivity contribution is 7.89. The van der Waals surface area contributed by atoms with Gasteiger partial charge in [0.15, 0.2) is 0 Å². The fraction of sp³-hybridized carbons (Fsp3) is 0.625. The summed E-state index contributed by atoms with van der Waals surface area (Å²) >= 11 is 0. The van der Waals surface area contributed by atoms with Crippen LogP contribution in [0.25, 0.3) is 0 Å². The summed E-state index contributed by atoms with van der Waals surface area (Å²) in [5.74, 6) is 0. The number of benzene rings is 1. The van der Waals surface area contributed by atoms with Gasteiger partial charge in [0.05, 0.1) is 4.90 Å². The van der Waals surface area contributed by atoms with Gasteiger partial charge in [0.25, 0.3) is 0 Å². The van der Waals surface area contributed by atoms with Gasteiger partial charge in [-0.2, -0.15) is 4.31 Å². The molecular weight excluding hydrogens is 284 g/mol. The van der Waals surface area contributed by atoms with Gasteiger partial charge in [-0.05, 0) is 48.9 Å². The monoisotopic (exact) mass is 308 g/mol. The zero-order valence-corrected chi connectivity index (χ0v) is 13.5. The number of sulfonamides is 1. The Bertz CT molecular complexity index is 589. The summed E-state index contributed by atoms with van der Waals surface area (Å²) in [7, 11) is -3.33. The van der Waals surface area contributed by atoms with Gasteiger partial charge >= 0.3 is 0 Å². The molecule has 2 heterocycles. The molecule has 5 heteroatoms. The first kappa shape index (κ1) is 15.0. The molecule has 1 N–H and O–H groups in total. The molecule has 21 heavy (non-hydrogen) atoms. The van der Waals surface area contributed by atoms with Gasteiger partial charge in [-0.1, -0.05) is 25.5 Å². The molecule has 1 aromatic rings. The second kappa shape index (κ2) is 5.71. The standard InChI is InChI=1S/C16H24N2O2S/c1-2-3-14-4-6-15(7-5-14)21(19,20)18-11-9-16(13-18)8-10-17-12-16/h4-7,17H,2-3,8-13H2,1H3. The van der Waals surface area contributed by atoms with E-state index in [1.165, 1.54) is 5.56 Å². The molecule has 116 valence electrons. The molecule has 0 aliphatic carbocycles. The second-order valence-corrected chi connectivity index (χ2v) is 8.35. The zero-order chi connectivity index (χ0) is 14.9. The van der Waals surface area contributed by atoms with Crippen LogP contribution in [0.15, 0.2) is 29.2 Å². The van der Waals surface area contributed by atoms with Crippen molar-refractivity contribution >= 4 is 10.0 Å². The third-order valence-corrected chi connectivity index (χ3v) is 6.69. The zero-order valence-electron chi connectivity index (χ0n) is 12.6. The fourth-order valence-corrected chi connectivity index (χ4v) is 5.06. The summed E-state index contributed by atoms with van der Waals surface area (Å²) in [6, 6.07) is 7.41. The van der Waals surface area contributed by atoms with Gasteiger partial charge < -0.3 is 5.32 Å². The predicted octanol–water partition coefficient (Wildman–Crippen LogP) is 2.01. The van der Waals surface area contributed by atoms with Crippen LogP contribution < -0.4 is 5.32 Å². The van der Waals surface area contributed by atoms with E-state index >= 15 is 0 Å². The highest BCUT2D eigenvalue weighted by Crippen LogP contribution is 2.38. The first-order chi connectivity index (χ1) is 10.1. The van der Waals surface area contributed by atoms with Crippen LogP contribution in [0.1, 0.15) is 31.7 Å². The molecule has 0 saturated carbocycles. The van der Waals surface area contributed by atoms with E-state index in [0.29, 0.717) is 18.0 Å². The largest absolute Gasteiger partial charge is 0.316 e. The summed E-state index contributed by atoms with van der Waals surface area (Å²) in [5, 5.41) is 3.37. The SMILES string of the molecule is CCCc1ccc(S(=O)(=O)N2CCC3(CCNC3)C2)cc1. The molecule has 2 saturated heterocycles. The maximum atomic E-state index is 12.7. The molecule has 4 nitrogen and oxygen atoms in total. The Morgan fingerprint density at radius 3 is 2.62 bits per heavy atom. The quantitative estimate of drug-likeness (QED) is 0.926. The Kier molecular flexibility index (Phi) is 4.08. The summed E-state index contributed by atoms with van der Waals surface area (Å²) in [6.45, 7) is 5.41. The van der Waals surface area contributed by atoms with Gasteiger partial charge in [0.2, 0.25) is 10.0 Å². The van der Waals surface area contributed by atoms with Crippen molar-refractivity contribution in [2.24, 2.45) is 5.41 Å². The van der Waals surface area contributed by atoms with Crippen molar-refractivity contribution in [3.63, 3.8) is 0 Å². The van der Waals surface area contributed by atoms with Gasteiger partial charge in [0.1, 0.15) is 0 Å². The molecule has 0 bridgehead atoms. The molecule has 2 aliphatic heterocycles. The number of nitrogens with zero attached hydrogens (tertiary/aromatic N) is 1. The topological polar surface area (TPSA) is 49.4 Å². The summed E-state index contributed by atoms with van der Waals surface area (Å²) in [4.78, 5) is 0.436. The van der Waals surface area contributed by atoms with E-state index in [2.05, 4.69) is 12.2 Å². The third kappa shape index (κ3) is 2.87. The number of nitrogens with one attached hydrogen (secondary N) is 1. The Balaban J connectivity index is 1.77. The van der Waals surface area contributed by atoms with Crippen molar-refractivity contribution < 1.29 is 8.42 Å². The molecule has 3 rings (SSSR count). The van der Waals surface area contributed by atoms with E-state index in [4.69, 9.17) is 0 Å². The lowest BCUT2D eigenvalue weighted by atomic mass is 9.87. The Hall–Kier alpha value is -0.910. The fourth-order valence-electron chi connectivity index (χ4n) is 3.51. The molecule has 0 radical (unpaired) electrons. The third-order valence-electron chi connectivity index (χ3n) is 4.84. The van der Waals surface area contributed by atoms with Gasteiger partial charge in [0, 0.05) is 19.6 Å². The molecule has 2 fully saturated rings. The normalized spacial score (nSPS) is 26.7. The van der Waals surface area contributed by atoms with Crippen LogP contribution in [-0.2, 0) is 16.4 Å². The van der Waals surface area contributed by atoms with Crippen molar-refractivity contribution in [2.45, 2.75) is 37.5 Å². The van der Waals surface area contributed by atoms with Crippen LogP contribution >= 0.6 is 0 Å². The lowest BCUT2D eigenvalue weighted by Crippen LogP contribution is -2.33. The number of hydrogen-bond acceptors (Lipinski definition) is 3. The van der Waals surface area contributed by atoms with Gasteiger partial charge in [-0.25, -0.2) is 8.42 Å².